The molecule has 2 aromatic rings. The van der Waals surface area contributed by atoms with Gasteiger partial charge in [-0.3, -0.25) is 0 Å². The molecular formula is C22H26N2. The molecule has 2 rings (SSSR count). The highest BCUT2D eigenvalue weighted by Gasteiger charge is 2.02. The van der Waals surface area contributed by atoms with Crippen molar-refractivity contribution in [1.82, 2.24) is 5.32 Å². The van der Waals surface area contributed by atoms with Crippen LogP contribution in [0.25, 0.3) is 11.3 Å². The molecule has 24 heavy (non-hydrogen) atoms. The van der Waals surface area contributed by atoms with E-state index in [2.05, 4.69) is 68.5 Å². The van der Waals surface area contributed by atoms with E-state index in [9.17, 15) is 0 Å². The van der Waals surface area contributed by atoms with Gasteiger partial charge in [0.05, 0.1) is 0 Å². The summed E-state index contributed by atoms with van der Waals surface area (Å²) >= 11 is 0. The average Bonchev–Trinajstić information content (AvgIpc) is 2.61. The Morgan fingerprint density at radius 3 is 2.21 bits per heavy atom. The molecule has 0 aliphatic heterocycles. The second-order valence-electron chi connectivity index (χ2n) is 5.88. The van der Waals surface area contributed by atoms with Crippen LogP contribution in [0.2, 0.25) is 0 Å². The first-order chi connectivity index (χ1) is 11.5. The van der Waals surface area contributed by atoms with Gasteiger partial charge in [0.2, 0.25) is 0 Å². The minimum atomic E-state index is 0.830. The van der Waals surface area contributed by atoms with Gasteiger partial charge < -0.3 is 10.2 Å². The highest BCUT2D eigenvalue weighted by Crippen LogP contribution is 2.20. The third-order valence-electron chi connectivity index (χ3n) is 4.06. The quantitative estimate of drug-likeness (QED) is 0.695. The zero-order chi connectivity index (χ0) is 17.5. The van der Waals surface area contributed by atoms with Gasteiger partial charge in [0.15, 0.2) is 0 Å². The summed E-state index contributed by atoms with van der Waals surface area (Å²) in [6.07, 6.45) is 2.05. The first kappa shape index (κ1) is 17.6. The molecule has 0 aliphatic carbocycles. The van der Waals surface area contributed by atoms with E-state index in [-0.39, 0.29) is 0 Å². The van der Waals surface area contributed by atoms with Gasteiger partial charge in [-0.15, -0.1) is 0 Å². The molecule has 0 saturated heterocycles. The summed E-state index contributed by atoms with van der Waals surface area (Å²) < 4.78 is 0. The van der Waals surface area contributed by atoms with Crippen LogP contribution in [0.4, 0.5) is 5.69 Å². The van der Waals surface area contributed by atoms with Crippen LogP contribution in [0, 0.1) is 0 Å². The third kappa shape index (κ3) is 4.63. The molecule has 0 aromatic heterocycles. The second kappa shape index (κ2) is 8.21. The van der Waals surface area contributed by atoms with Crippen molar-refractivity contribution >= 4 is 17.0 Å². The summed E-state index contributed by atoms with van der Waals surface area (Å²) in [4.78, 5) is 2.22. The number of benzene rings is 2. The molecular weight excluding hydrogens is 292 g/mol. The maximum absolute atomic E-state index is 4.09. The maximum atomic E-state index is 4.09. The Morgan fingerprint density at radius 1 is 1.00 bits per heavy atom. The average molecular weight is 318 g/mol. The molecule has 0 aliphatic rings. The van der Waals surface area contributed by atoms with E-state index in [1.54, 1.807) is 0 Å². The lowest BCUT2D eigenvalue weighted by atomic mass is 10.1. The minimum absolute atomic E-state index is 0.830. The van der Waals surface area contributed by atoms with E-state index in [1.165, 1.54) is 16.8 Å². The van der Waals surface area contributed by atoms with Crippen molar-refractivity contribution in [2.75, 3.05) is 18.5 Å². The van der Waals surface area contributed by atoms with Gasteiger partial charge in [-0.25, -0.2) is 0 Å². The fraction of sp³-hybridized carbons (Fsp3) is 0.182. The van der Waals surface area contributed by atoms with E-state index in [4.69, 9.17) is 0 Å². The molecule has 0 unspecified atom stereocenters. The van der Waals surface area contributed by atoms with Crippen LogP contribution < -0.4 is 10.2 Å². The first-order valence-corrected chi connectivity index (χ1v) is 8.21. The van der Waals surface area contributed by atoms with Crippen LogP contribution in [0.5, 0.6) is 0 Å². The van der Waals surface area contributed by atoms with E-state index >= 15 is 0 Å². The molecule has 0 saturated carbocycles. The van der Waals surface area contributed by atoms with Gasteiger partial charge in [0, 0.05) is 30.7 Å². The number of rotatable bonds is 7. The zero-order valence-electron chi connectivity index (χ0n) is 14.8. The number of anilines is 1. The SMILES string of the molecule is C=C(/C=C(\C)c1ccc(N(C)CC)cc1)NC(=C)c1ccccc1. The lowest BCUT2D eigenvalue weighted by Gasteiger charge is -2.17. The highest BCUT2D eigenvalue weighted by molar-refractivity contribution is 5.70. The molecule has 0 radical (unpaired) electrons. The molecule has 2 aromatic carbocycles. The van der Waals surface area contributed by atoms with Crippen LogP contribution in [0.1, 0.15) is 25.0 Å². The van der Waals surface area contributed by atoms with Gasteiger partial charge in [0.25, 0.3) is 0 Å². The van der Waals surface area contributed by atoms with E-state index < -0.39 is 0 Å². The fourth-order valence-electron chi connectivity index (χ4n) is 2.45. The number of allylic oxidation sites excluding steroid dienone is 2. The van der Waals surface area contributed by atoms with Gasteiger partial charge in [-0.1, -0.05) is 55.6 Å². The van der Waals surface area contributed by atoms with Crippen molar-refractivity contribution in [3.63, 3.8) is 0 Å². The van der Waals surface area contributed by atoms with Crippen LogP contribution >= 0.6 is 0 Å². The number of hydrogen-bond donors (Lipinski definition) is 1. The van der Waals surface area contributed by atoms with Crippen molar-refractivity contribution in [3.8, 4) is 0 Å². The smallest absolute Gasteiger partial charge is 0.0384 e. The van der Waals surface area contributed by atoms with Gasteiger partial charge in [-0.05, 0) is 48.8 Å². The fourth-order valence-corrected chi connectivity index (χ4v) is 2.45. The molecule has 0 heterocycles. The molecule has 1 N–H and O–H groups in total. The lowest BCUT2D eigenvalue weighted by Crippen LogP contribution is -2.15. The van der Waals surface area contributed by atoms with Crippen LogP contribution in [0.15, 0.2) is 79.5 Å². The van der Waals surface area contributed by atoms with Gasteiger partial charge in [0.1, 0.15) is 0 Å². The van der Waals surface area contributed by atoms with Crippen molar-refractivity contribution < 1.29 is 0 Å². The predicted octanol–water partition coefficient (Wildman–Crippen LogP) is 5.32. The summed E-state index contributed by atoms with van der Waals surface area (Å²) in [5.41, 5.74) is 6.33. The zero-order valence-corrected chi connectivity index (χ0v) is 14.8. The summed E-state index contributed by atoms with van der Waals surface area (Å²) in [7, 11) is 2.10. The molecule has 0 amide bonds. The minimum Gasteiger partial charge on any atom is -0.375 e. The highest BCUT2D eigenvalue weighted by atomic mass is 15.1. The number of nitrogens with zero attached hydrogens (tertiary/aromatic N) is 1. The normalized spacial score (nSPS) is 11.0. The summed E-state index contributed by atoms with van der Waals surface area (Å²) in [5, 5.41) is 3.26. The van der Waals surface area contributed by atoms with E-state index in [0.29, 0.717) is 0 Å². The third-order valence-corrected chi connectivity index (χ3v) is 4.06. The standard InChI is InChI=1S/C22H26N2/c1-6-24(5)22-14-12-20(13-15-22)17(2)16-18(3)23-19(4)21-10-8-7-9-11-21/h7-16,23H,3-4,6H2,1-2,5H3/b17-16+. The van der Waals surface area contributed by atoms with Gasteiger partial charge in [-0.2, -0.15) is 0 Å². The predicted molar refractivity (Wildman–Crippen MR) is 107 cm³/mol. The molecule has 0 bridgehead atoms. The van der Waals surface area contributed by atoms with Crippen LogP contribution in [0.3, 0.4) is 0 Å². The van der Waals surface area contributed by atoms with Crippen molar-refractivity contribution in [3.05, 3.63) is 90.7 Å². The largest absolute Gasteiger partial charge is 0.375 e. The Bertz CT molecular complexity index is 724. The van der Waals surface area contributed by atoms with E-state index in [0.717, 1.165) is 23.5 Å². The van der Waals surface area contributed by atoms with Crippen molar-refractivity contribution in [1.29, 1.82) is 0 Å². The maximum Gasteiger partial charge on any atom is 0.0384 e. The number of hydrogen-bond acceptors (Lipinski definition) is 2. The van der Waals surface area contributed by atoms with Crippen LogP contribution in [-0.4, -0.2) is 13.6 Å². The molecule has 124 valence electrons. The Balaban J connectivity index is 2.04. The molecule has 2 heteroatoms. The number of nitrogens with one attached hydrogen (secondary N) is 1. The second-order valence-corrected chi connectivity index (χ2v) is 5.88. The topological polar surface area (TPSA) is 15.3 Å². The molecule has 0 spiro atoms. The molecule has 0 atom stereocenters. The van der Waals surface area contributed by atoms with Gasteiger partial charge >= 0.3 is 0 Å². The van der Waals surface area contributed by atoms with Crippen LogP contribution in [-0.2, 0) is 0 Å². The van der Waals surface area contributed by atoms with E-state index in [1.807, 2.05) is 36.4 Å². The Kier molecular flexibility index (Phi) is 6.02. The van der Waals surface area contributed by atoms with Crippen molar-refractivity contribution in [2.24, 2.45) is 0 Å². The summed E-state index contributed by atoms with van der Waals surface area (Å²) in [5.74, 6) is 0. The summed E-state index contributed by atoms with van der Waals surface area (Å²) in [6, 6.07) is 18.6. The lowest BCUT2D eigenvalue weighted by molar-refractivity contribution is 0.968. The van der Waals surface area contributed by atoms with Crippen molar-refractivity contribution in [2.45, 2.75) is 13.8 Å². The summed E-state index contributed by atoms with van der Waals surface area (Å²) in [6.45, 7) is 13.4. The Hall–Kier alpha value is -2.74. The Morgan fingerprint density at radius 2 is 1.62 bits per heavy atom. The monoisotopic (exact) mass is 318 g/mol. The molecule has 2 nitrogen and oxygen atoms in total. The first-order valence-electron chi connectivity index (χ1n) is 8.21. The molecule has 0 fully saturated rings. The Labute approximate surface area is 145 Å².